The summed E-state index contributed by atoms with van der Waals surface area (Å²) < 4.78 is 5.08. The molecule has 1 atom stereocenters. The minimum atomic E-state index is 0.101. The van der Waals surface area contributed by atoms with Crippen LogP contribution in [0.1, 0.15) is 18.7 Å². The second-order valence-electron chi connectivity index (χ2n) is 2.96. The number of aromatic nitrogens is 3. The van der Waals surface area contributed by atoms with Crippen molar-refractivity contribution in [2.75, 3.05) is 6.54 Å². The number of thiazole rings is 1. The zero-order valence-corrected chi connectivity index (χ0v) is 8.49. The molecule has 14 heavy (non-hydrogen) atoms. The molecule has 0 radical (unpaired) electrons. The molecule has 74 valence electrons. The molecule has 0 spiro atoms. The molecule has 0 aliphatic carbocycles. The van der Waals surface area contributed by atoms with Gasteiger partial charge in [0, 0.05) is 18.7 Å². The number of rotatable bonds is 3. The maximum Gasteiger partial charge on any atom is 0.231 e. The van der Waals surface area contributed by atoms with Crippen LogP contribution in [0.3, 0.4) is 0 Å². The Bertz CT molecular complexity index is 397. The van der Waals surface area contributed by atoms with E-state index in [0.29, 0.717) is 18.3 Å². The van der Waals surface area contributed by atoms with Crippen molar-refractivity contribution >= 4 is 11.3 Å². The van der Waals surface area contributed by atoms with Gasteiger partial charge in [0.25, 0.3) is 0 Å². The van der Waals surface area contributed by atoms with Crippen molar-refractivity contribution in [3.8, 4) is 10.7 Å². The number of hydrogen-bond acceptors (Lipinski definition) is 6. The third-order valence-corrected chi connectivity index (χ3v) is 2.64. The summed E-state index contributed by atoms with van der Waals surface area (Å²) in [4.78, 5) is 9.09. The van der Waals surface area contributed by atoms with Crippen LogP contribution in [0.15, 0.2) is 16.2 Å². The van der Waals surface area contributed by atoms with Gasteiger partial charge in [0.15, 0.2) is 0 Å². The van der Waals surface area contributed by atoms with Crippen LogP contribution in [0.5, 0.6) is 0 Å². The van der Waals surface area contributed by atoms with Crippen LogP contribution in [0, 0.1) is 0 Å². The average molecular weight is 210 g/mol. The number of nitrogens with two attached hydrogens (primary N) is 1. The Labute approximate surface area is 85.0 Å². The topological polar surface area (TPSA) is 77.8 Å². The van der Waals surface area contributed by atoms with E-state index in [-0.39, 0.29) is 5.92 Å². The fourth-order valence-corrected chi connectivity index (χ4v) is 1.51. The zero-order chi connectivity index (χ0) is 9.97. The zero-order valence-electron chi connectivity index (χ0n) is 7.67. The molecule has 0 aliphatic rings. The molecule has 5 nitrogen and oxygen atoms in total. The van der Waals surface area contributed by atoms with Crippen molar-refractivity contribution in [2.24, 2.45) is 5.73 Å². The van der Waals surface area contributed by atoms with Gasteiger partial charge < -0.3 is 10.3 Å². The van der Waals surface area contributed by atoms with Crippen LogP contribution in [-0.2, 0) is 0 Å². The minimum absolute atomic E-state index is 0.101. The predicted molar refractivity (Wildman–Crippen MR) is 52.9 cm³/mol. The monoisotopic (exact) mass is 210 g/mol. The fraction of sp³-hybridized carbons (Fsp3) is 0.375. The maximum atomic E-state index is 5.49. The van der Waals surface area contributed by atoms with E-state index in [1.165, 1.54) is 11.3 Å². The molecule has 2 aromatic rings. The summed E-state index contributed by atoms with van der Waals surface area (Å²) in [6, 6.07) is 0. The highest BCUT2D eigenvalue weighted by molar-refractivity contribution is 7.13. The van der Waals surface area contributed by atoms with Crippen LogP contribution in [0.4, 0.5) is 0 Å². The van der Waals surface area contributed by atoms with Crippen LogP contribution in [0.2, 0.25) is 0 Å². The molecular weight excluding hydrogens is 200 g/mol. The van der Waals surface area contributed by atoms with Crippen molar-refractivity contribution in [3.05, 3.63) is 17.6 Å². The molecule has 1 unspecified atom stereocenters. The van der Waals surface area contributed by atoms with Crippen molar-refractivity contribution in [3.63, 3.8) is 0 Å². The summed E-state index contributed by atoms with van der Waals surface area (Å²) in [6.45, 7) is 2.45. The highest BCUT2D eigenvalue weighted by Crippen LogP contribution is 2.21. The molecule has 2 rings (SSSR count). The summed E-state index contributed by atoms with van der Waals surface area (Å²) in [7, 11) is 0. The van der Waals surface area contributed by atoms with Crippen molar-refractivity contribution < 1.29 is 4.52 Å². The lowest BCUT2D eigenvalue weighted by molar-refractivity contribution is 0.361. The van der Waals surface area contributed by atoms with Gasteiger partial charge in [-0.05, 0) is 0 Å². The molecule has 2 heterocycles. The Hall–Kier alpha value is -1.27. The summed E-state index contributed by atoms with van der Waals surface area (Å²) in [5.41, 5.74) is 7.23. The average Bonchev–Trinajstić information content (AvgIpc) is 2.86. The van der Waals surface area contributed by atoms with Gasteiger partial charge in [-0.25, -0.2) is 0 Å². The first-order chi connectivity index (χ1) is 6.81. The number of nitrogens with zero attached hydrogens (tertiary/aromatic N) is 3. The van der Waals surface area contributed by atoms with Crippen LogP contribution in [0.25, 0.3) is 10.7 Å². The van der Waals surface area contributed by atoms with Gasteiger partial charge in [-0.1, -0.05) is 12.1 Å². The normalized spacial score (nSPS) is 13.0. The van der Waals surface area contributed by atoms with E-state index in [1.807, 2.05) is 6.92 Å². The highest BCUT2D eigenvalue weighted by atomic mass is 32.1. The molecule has 0 fully saturated rings. The van der Waals surface area contributed by atoms with E-state index in [0.717, 1.165) is 4.88 Å². The molecule has 0 saturated heterocycles. The fourth-order valence-electron chi connectivity index (χ4n) is 0.962. The smallest absolute Gasteiger partial charge is 0.231 e. The van der Waals surface area contributed by atoms with Crippen LogP contribution >= 0.6 is 11.3 Å². The van der Waals surface area contributed by atoms with Crippen molar-refractivity contribution in [1.82, 2.24) is 15.1 Å². The van der Waals surface area contributed by atoms with E-state index in [9.17, 15) is 0 Å². The molecule has 0 aliphatic heterocycles. The summed E-state index contributed by atoms with van der Waals surface area (Å²) in [6.07, 6.45) is 1.71. The van der Waals surface area contributed by atoms with E-state index in [1.54, 1.807) is 11.7 Å². The Morgan fingerprint density at radius 2 is 2.50 bits per heavy atom. The molecule has 0 aromatic carbocycles. The Morgan fingerprint density at radius 3 is 3.14 bits per heavy atom. The second kappa shape index (κ2) is 3.85. The first-order valence-corrected chi connectivity index (χ1v) is 5.11. The molecular formula is C8H10N4OS. The molecule has 0 bridgehead atoms. The van der Waals surface area contributed by atoms with Gasteiger partial charge in [0.1, 0.15) is 0 Å². The molecule has 0 saturated carbocycles. The van der Waals surface area contributed by atoms with Gasteiger partial charge in [-0.2, -0.15) is 4.98 Å². The van der Waals surface area contributed by atoms with Gasteiger partial charge >= 0.3 is 0 Å². The lowest BCUT2D eigenvalue weighted by atomic mass is 10.2. The molecule has 2 aromatic heterocycles. The number of hydrogen-bond donors (Lipinski definition) is 1. The quantitative estimate of drug-likeness (QED) is 0.825. The van der Waals surface area contributed by atoms with Crippen LogP contribution < -0.4 is 5.73 Å². The minimum Gasteiger partial charge on any atom is -0.339 e. The Balaban J connectivity index is 2.26. The van der Waals surface area contributed by atoms with Gasteiger partial charge in [0.05, 0.1) is 10.4 Å². The highest BCUT2D eigenvalue weighted by Gasteiger charge is 2.14. The lowest BCUT2D eigenvalue weighted by Crippen LogP contribution is -2.08. The maximum absolute atomic E-state index is 5.49. The summed E-state index contributed by atoms with van der Waals surface area (Å²) in [5, 5.41) is 3.86. The van der Waals surface area contributed by atoms with Crippen molar-refractivity contribution in [2.45, 2.75) is 12.8 Å². The summed E-state index contributed by atoms with van der Waals surface area (Å²) in [5.74, 6) is 1.27. The Morgan fingerprint density at radius 1 is 1.64 bits per heavy atom. The SMILES string of the molecule is CC(CN)c1nc(-c2cncs2)no1. The van der Waals surface area contributed by atoms with Gasteiger partial charge in [-0.3, -0.25) is 4.98 Å². The molecule has 6 heteroatoms. The van der Waals surface area contributed by atoms with Crippen molar-refractivity contribution in [1.29, 1.82) is 0 Å². The molecule has 2 N–H and O–H groups in total. The largest absolute Gasteiger partial charge is 0.339 e. The van der Waals surface area contributed by atoms with Gasteiger partial charge in [0.2, 0.25) is 11.7 Å². The Kier molecular flexibility index (Phi) is 2.55. The predicted octanol–water partition coefficient (Wildman–Crippen LogP) is 1.26. The lowest BCUT2D eigenvalue weighted by Gasteiger charge is -1.98. The van der Waals surface area contributed by atoms with E-state index in [2.05, 4.69) is 15.1 Å². The third kappa shape index (κ3) is 1.66. The van der Waals surface area contributed by atoms with E-state index in [4.69, 9.17) is 10.3 Å². The standard InChI is InChI=1S/C8H10N4OS/c1-5(2-9)8-11-7(12-13-8)6-3-10-4-14-6/h3-5H,2,9H2,1H3. The molecule has 0 amide bonds. The van der Waals surface area contributed by atoms with E-state index < -0.39 is 0 Å². The van der Waals surface area contributed by atoms with Gasteiger partial charge in [-0.15, -0.1) is 11.3 Å². The van der Waals surface area contributed by atoms with Crippen LogP contribution in [-0.4, -0.2) is 21.7 Å². The second-order valence-corrected chi connectivity index (χ2v) is 3.85. The first-order valence-electron chi connectivity index (χ1n) is 4.23. The summed E-state index contributed by atoms with van der Waals surface area (Å²) >= 11 is 1.48. The van der Waals surface area contributed by atoms with E-state index >= 15 is 0 Å². The third-order valence-electron chi connectivity index (χ3n) is 1.87. The first kappa shape index (κ1) is 9.29.